The summed E-state index contributed by atoms with van der Waals surface area (Å²) in [6.45, 7) is 4.96. The molecule has 1 aliphatic rings. The van der Waals surface area contributed by atoms with Crippen LogP contribution in [-0.2, 0) is 4.74 Å². The molecule has 0 aliphatic carbocycles. The van der Waals surface area contributed by atoms with Crippen molar-refractivity contribution in [1.82, 2.24) is 15.5 Å². The van der Waals surface area contributed by atoms with Crippen molar-refractivity contribution in [2.75, 3.05) is 45.9 Å². The summed E-state index contributed by atoms with van der Waals surface area (Å²) in [5.41, 5.74) is 0.784. The van der Waals surface area contributed by atoms with Gasteiger partial charge in [0, 0.05) is 26.2 Å². The lowest BCUT2D eigenvalue weighted by atomic mass is 10.0. The fourth-order valence-electron chi connectivity index (χ4n) is 2.88. The number of nitrogens with zero attached hydrogens (tertiary/aromatic N) is 2. The molecule has 1 atom stereocenters. The second-order valence-corrected chi connectivity index (χ2v) is 6.23. The maximum absolute atomic E-state index is 13.7. The van der Waals surface area contributed by atoms with Crippen molar-refractivity contribution in [1.29, 1.82) is 0 Å². The number of ether oxygens (including phenoxy) is 1. The summed E-state index contributed by atoms with van der Waals surface area (Å²) < 4.78 is 56.1. The summed E-state index contributed by atoms with van der Waals surface area (Å²) in [5, 5.41) is 5.64. The highest BCUT2D eigenvalue weighted by molar-refractivity contribution is 5.79. The molecule has 2 N–H and O–H groups in total. The lowest BCUT2D eigenvalue weighted by Crippen LogP contribution is -2.42. The van der Waals surface area contributed by atoms with Crippen LogP contribution in [0.1, 0.15) is 24.9 Å². The molecule has 0 amide bonds. The third-order valence-corrected chi connectivity index (χ3v) is 4.19. The van der Waals surface area contributed by atoms with Crippen molar-refractivity contribution < 1.29 is 22.3 Å². The minimum Gasteiger partial charge on any atom is -0.379 e. The molecule has 0 aromatic heterocycles. The first-order valence-electron chi connectivity index (χ1n) is 9.05. The predicted molar refractivity (Wildman–Crippen MR) is 96.2 cm³/mol. The molecule has 1 unspecified atom stereocenters. The number of guanidine groups is 1. The quantitative estimate of drug-likeness (QED) is 0.427. The number of aliphatic imine (C=N–C) groups is 1. The van der Waals surface area contributed by atoms with Gasteiger partial charge >= 0.3 is 6.18 Å². The molecule has 0 saturated carbocycles. The standard InChI is InChI=1S/C18H26F4N4O/c1-2-23-17(24-7-6-18(20,21)22)25-13-16(26-8-10-27-11-9-26)14-4-3-5-15(19)12-14/h3-5,12,16H,2,6-11,13H2,1H3,(H2,23,24,25). The number of nitrogens with one attached hydrogen (secondary N) is 2. The van der Waals surface area contributed by atoms with Gasteiger partial charge in [-0.25, -0.2) is 4.39 Å². The Bertz CT molecular complexity index is 603. The van der Waals surface area contributed by atoms with Crippen LogP contribution in [0.25, 0.3) is 0 Å². The topological polar surface area (TPSA) is 48.9 Å². The van der Waals surface area contributed by atoms with Gasteiger partial charge in [-0.15, -0.1) is 0 Å². The maximum atomic E-state index is 13.7. The molecule has 1 aromatic carbocycles. The average Bonchev–Trinajstić information content (AvgIpc) is 2.62. The van der Waals surface area contributed by atoms with Gasteiger partial charge in [0.1, 0.15) is 5.82 Å². The van der Waals surface area contributed by atoms with Crippen LogP contribution in [0.15, 0.2) is 29.3 Å². The van der Waals surface area contributed by atoms with Crippen LogP contribution < -0.4 is 10.6 Å². The van der Waals surface area contributed by atoms with E-state index >= 15 is 0 Å². The van der Waals surface area contributed by atoms with Crippen molar-refractivity contribution in [3.05, 3.63) is 35.6 Å². The minimum absolute atomic E-state index is 0.178. The molecule has 5 nitrogen and oxygen atoms in total. The van der Waals surface area contributed by atoms with Crippen LogP contribution in [0.5, 0.6) is 0 Å². The van der Waals surface area contributed by atoms with Gasteiger partial charge in [0.25, 0.3) is 0 Å². The van der Waals surface area contributed by atoms with Crippen molar-refractivity contribution in [2.24, 2.45) is 4.99 Å². The molecule has 1 aromatic rings. The molecular formula is C18H26F4N4O. The van der Waals surface area contributed by atoms with Gasteiger partial charge in [0.15, 0.2) is 5.96 Å². The van der Waals surface area contributed by atoms with Crippen LogP contribution in [0.2, 0.25) is 0 Å². The summed E-state index contributed by atoms with van der Waals surface area (Å²) in [5.74, 6) is -0.0126. The number of halogens is 4. The van der Waals surface area contributed by atoms with Crippen LogP contribution in [0, 0.1) is 5.82 Å². The van der Waals surface area contributed by atoms with Gasteiger partial charge in [-0.3, -0.25) is 9.89 Å². The van der Waals surface area contributed by atoms with Crippen LogP contribution in [-0.4, -0.2) is 63.0 Å². The first-order chi connectivity index (χ1) is 12.9. The average molecular weight is 390 g/mol. The van der Waals surface area contributed by atoms with Crippen LogP contribution >= 0.6 is 0 Å². The lowest BCUT2D eigenvalue weighted by molar-refractivity contribution is -0.132. The highest BCUT2D eigenvalue weighted by Gasteiger charge is 2.26. The van der Waals surface area contributed by atoms with Gasteiger partial charge in [0.05, 0.1) is 32.2 Å². The van der Waals surface area contributed by atoms with Gasteiger partial charge in [-0.05, 0) is 24.6 Å². The summed E-state index contributed by atoms with van der Waals surface area (Å²) in [6, 6.07) is 6.16. The molecule has 152 valence electrons. The molecule has 1 saturated heterocycles. The molecule has 1 aliphatic heterocycles. The zero-order chi connectivity index (χ0) is 19.7. The smallest absolute Gasteiger partial charge is 0.379 e. The van der Waals surface area contributed by atoms with E-state index in [-0.39, 0.29) is 18.4 Å². The van der Waals surface area contributed by atoms with E-state index in [4.69, 9.17) is 4.74 Å². The van der Waals surface area contributed by atoms with E-state index in [1.807, 2.05) is 13.0 Å². The number of morpholine rings is 1. The van der Waals surface area contributed by atoms with E-state index < -0.39 is 12.6 Å². The molecule has 0 bridgehead atoms. The van der Waals surface area contributed by atoms with E-state index in [1.165, 1.54) is 12.1 Å². The third kappa shape index (κ3) is 7.72. The minimum atomic E-state index is -4.22. The molecule has 9 heteroatoms. The highest BCUT2D eigenvalue weighted by Crippen LogP contribution is 2.23. The predicted octanol–water partition coefficient (Wildman–Crippen LogP) is 2.71. The second-order valence-electron chi connectivity index (χ2n) is 6.23. The summed E-state index contributed by atoms with van der Waals surface area (Å²) in [4.78, 5) is 6.59. The molecule has 2 rings (SSSR count). The second kappa shape index (κ2) is 10.5. The van der Waals surface area contributed by atoms with Gasteiger partial charge in [-0.1, -0.05) is 12.1 Å². The SMILES string of the molecule is CCNC(=NCC(c1cccc(F)c1)N1CCOCC1)NCCC(F)(F)F. The van der Waals surface area contributed by atoms with Gasteiger partial charge in [0.2, 0.25) is 0 Å². The Balaban J connectivity index is 2.09. The molecule has 0 spiro atoms. The summed E-state index contributed by atoms with van der Waals surface area (Å²) in [7, 11) is 0. The van der Waals surface area contributed by atoms with Crippen molar-refractivity contribution in [3.63, 3.8) is 0 Å². The lowest BCUT2D eigenvalue weighted by Gasteiger charge is -2.34. The van der Waals surface area contributed by atoms with E-state index in [9.17, 15) is 17.6 Å². The first-order valence-corrected chi connectivity index (χ1v) is 9.05. The molecular weight excluding hydrogens is 364 g/mol. The first kappa shape index (κ1) is 21.4. The Morgan fingerprint density at radius 3 is 2.63 bits per heavy atom. The maximum Gasteiger partial charge on any atom is 0.390 e. The number of rotatable bonds is 7. The monoisotopic (exact) mass is 390 g/mol. The van der Waals surface area contributed by atoms with Crippen molar-refractivity contribution in [2.45, 2.75) is 25.6 Å². The van der Waals surface area contributed by atoms with Crippen molar-refractivity contribution in [3.8, 4) is 0 Å². The van der Waals surface area contributed by atoms with E-state index in [0.29, 0.717) is 45.4 Å². The third-order valence-electron chi connectivity index (χ3n) is 4.19. The Morgan fingerprint density at radius 1 is 1.26 bits per heavy atom. The Labute approximate surface area is 156 Å². The fraction of sp³-hybridized carbons (Fsp3) is 0.611. The summed E-state index contributed by atoms with van der Waals surface area (Å²) >= 11 is 0. The largest absolute Gasteiger partial charge is 0.390 e. The number of benzene rings is 1. The number of hydrogen-bond donors (Lipinski definition) is 2. The van der Waals surface area contributed by atoms with Crippen molar-refractivity contribution >= 4 is 5.96 Å². The molecule has 0 radical (unpaired) electrons. The highest BCUT2D eigenvalue weighted by atomic mass is 19.4. The molecule has 1 fully saturated rings. The Hall–Kier alpha value is -1.87. The van der Waals surface area contributed by atoms with E-state index in [0.717, 1.165) is 5.56 Å². The summed E-state index contributed by atoms with van der Waals surface area (Å²) in [6.07, 6.45) is -5.16. The molecule has 27 heavy (non-hydrogen) atoms. The van der Waals surface area contributed by atoms with E-state index in [1.54, 1.807) is 6.07 Å². The Kier molecular flexibility index (Phi) is 8.30. The zero-order valence-electron chi connectivity index (χ0n) is 15.4. The normalized spacial score (nSPS) is 17.6. The number of alkyl halides is 3. The van der Waals surface area contributed by atoms with E-state index in [2.05, 4.69) is 20.5 Å². The Morgan fingerprint density at radius 2 is 2.00 bits per heavy atom. The fourth-order valence-corrected chi connectivity index (χ4v) is 2.88. The van der Waals surface area contributed by atoms with Gasteiger partial charge < -0.3 is 15.4 Å². The number of hydrogen-bond acceptors (Lipinski definition) is 3. The molecule has 1 heterocycles. The zero-order valence-corrected chi connectivity index (χ0v) is 15.4. The van der Waals surface area contributed by atoms with Gasteiger partial charge in [-0.2, -0.15) is 13.2 Å². The van der Waals surface area contributed by atoms with Crippen LogP contribution in [0.4, 0.5) is 17.6 Å². The van der Waals surface area contributed by atoms with Crippen LogP contribution in [0.3, 0.4) is 0 Å².